The lowest BCUT2D eigenvalue weighted by molar-refractivity contribution is 0.585. The third kappa shape index (κ3) is 2.80. The zero-order valence-corrected chi connectivity index (χ0v) is 12.6. The highest BCUT2D eigenvalue weighted by atomic mass is 79.9. The summed E-state index contributed by atoms with van der Waals surface area (Å²) in [4.78, 5) is 0. The normalized spacial score (nSPS) is 17.0. The summed E-state index contributed by atoms with van der Waals surface area (Å²) in [6, 6.07) is 3.61. The van der Waals surface area contributed by atoms with Gasteiger partial charge in [-0.2, -0.15) is 0 Å². The van der Waals surface area contributed by atoms with E-state index in [2.05, 4.69) is 20.7 Å². The first-order chi connectivity index (χ1) is 8.40. The van der Waals surface area contributed by atoms with Crippen molar-refractivity contribution < 1.29 is 8.42 Å². The van der Waals surface area contributed by atoms with Gasteiger partial charge in [0.05, 0.1) is 16.6 Å². The third-order valence-electron chi connectivity index (χ3n) is 3.25. The number of nitrogens with one attached hydrogen (secondary N) is 1. The van der Waals surface area contributed by atoms with Crippen LogP contribution in [0.15, 0.2) is 16.6 Å². The summed E-state index contributed by atoms with van der Waals surface area (Å²) >= 11 is 3.35. The van der Waals surface area contributed by atoms with Crippen LogP contribution in [0.5, 0.6) is 0 Å². The molecule has 2 rings (SSSR count). The Kier molecular flexibility index (Phi) is 3.87. The molecule has 1 saturated carbocycles. The molecule has 0 bridgehead atoms. The molecule has 1 aliphatic rings. The summed E-state index contributed by atoms with van der Waals surface area (Å²) in [5.74, 6) is 0. The second-order valence-electron chi connectivity index (χ2n) is 4.76. The van der Waals surface area contributed by atoms with E-state index in [9.17, 15) is 8.42 Å². The van der Waals surface area contributed by atoms with Crippen molar-refractivity contribution in [1.82, 2.24) is 0 Å². The van der Waals surface area contributed by atoms with Crippen LogP contribution in [0.2, 0.25) is 0 Å². The third-order valence-corrected chi connectivity index (χ3v) is 5.71. The van der Waals surface area contributed by atoms with E-state index in [0.717, 1.165) is 31.2 Å². The number of hydrogen-bond donors (Lipinski definition) is 2. The summed E-state index contributed by atoms with van der Waals surface area (Å²) < 4.78 is 27.7. The Morgan fingerprint density at radius 2 is 1.94 bits per heavy atom. The molecule has 0 aromatic heterocycles. The van der Waals surface area contributed by atoms with Gasteiger partial charge in [-0.3, -0.25) is 4.72 Å². The van der Waals surface area contributed by atoms with E-state index in [4.69, 9.17) is 5.73 Å². The Morgan fingerprint density at radius 1 is 1.33 bits per heavy atom. The van der Waals surface area contributed by atoms with Crippen molar-refractivity contribution in [2.45, 2.75) is 37.9 Å². The van der Waals surface area contributed by atoms with Crippen LogP contribution < -0.4 is 10.5 Å². The van der Waals surface area contributed by atoms with Crippen molar-refractivity contribution in [3.63, 3.8) is 0 Å². The van der Waals surface area contributed by atoms with Crippen molar-refractivity contribution in [3.05, 3.63) is 22.2 Å². The van der Waals surface area contributed by atoms with Gasteiger partial charge in [0.2, 0.25) is 10.0 Å². The molecule has 0 amide bonds. The van der Waals surface area contributed by atoms with Crippen LogP contribution in [0.1, 0.15) is 31.2 Å². The van der Waals surface area contributed by atoms with E-state index in [1.165, 1.54) is 0 Å². The standard InChI is InChI=1S/C12H17BrN2O2S/c1-8-6-10(13)12(11(14)7-8)15-18(16,17)9-4-2-3-5-9/h6-7,9,15H,2-5,14H2,1H3. The molecular formula is C12H17BrN2O2S. The zero-order valence-electron chi connectivity index (χ0n) is 10.2. The van der Waals surface area contributed by atoms with E-state index in [0.29, 0.717) is 15.8 Å². The highest BCUT2D eigenvalue weighted by molar-refractivity contribution is 9.10. The molecule has 0 spiro atoms. The summed E-state index contributed by atoms with van der Waals surface area (Å²) in [6.07, 6.45) is 3.43. The maximum atomic E-state index is 12.2. The number of halogens is 1. The van der Waals surface area contributed by atoms with Crippen molar-refractivity contribution >= 4 is 37.3 Å². The molecule has 1 aliphatic carbocycles. The highest BCUT2D eigenvalue weighted by Crippen LogP contribution is 2.33. The monoisotopic (exact) mass is 332 g/mol. The molecule has 0 radical (unpaired) electrons. The molecule has 1 fully saturated rings. The number of sulfonamides is 1. The Hall–Kier alpha value is -0.750. The van der Waals surface area contributed by atoms with E-state index in [1.54, 1.807) is 6.07 Å². The first-order valence-electron chi connectivity index (χ1n) is 5.97. The fourth-order valence-corrected chi connectivity index (χ4v) is 4.75. The molecule has 0 saturated heterocycles. The summed E-state index contributed by atoms with van der Waals surface area (Å²) in [5.41, 5.74) is 7.76. The van der Waals surface area contributed by atoms with Crippen LogP contribution in [-0.2, 0) is 10.0 Å². The molecule has 0 heterocycles. The van der Waals surface area contributed by atoms with Gasteiger partial charge in [-0.15, -0.1) is 0 Å². The van der Waals surface area contributed by atoms with Gasteiger partial charge in [-0.05, 0) is 53.4 Å². The number of nitrogens with two attached hydrogens (primary N) is 1. The summed E-state index contributed by atoms with van der Waals surface area (Å²) in [6.45, 7) is 1.91. The lowest BCUT2D eigenvalue weighted by atomic mass is 10.2. The van der Waals surface area contributed by atoms with Gasteiger partial charge >= 0.3 is 0 Å². The topological polar surface area (TPSA) is 72.2 Å². The van der Waals surface area contributed by atoms with Crippen LogP contribution in [0.4, 0.5) is 11.4 Å². The quantitative estimate of drug-likeness (QED) is 0.835. The van der Waals surface area contributed by atoms with Gasteiger partial charge in [0.15, 0.2) is 0 Å². The lowest BCUT2D eigenvalue weighted by Gasteiger charge is -2.16. The van der Waals surface area contributed by atoms with Crippen LogP contribution >= 0.6 is 15.9 Å². The molecular weight excluding hydrogens is 316 g/mol. The van der Waals surface area contributed by atoms with Crippen LogP contribution in [0, 0.1) is 6.92 Å². The van der Waals surface area contributed by atoms with Crippen molar-refractivity contribution in [1.29, 1.82) is 0 Å². The predicted octanol–water partition coefficient (Wildman–Crippen LogP) is 3.02. The van der Waals surface area contributed by atoms with Gasteiger partial charge in [0.25, 0.3) is 0 Å². The smallest absolute Gasteiger partial charge is 0.235 e. The molecule has 0 atom stereocenters. The number of hydrogen-bond acceptors (Lipinski definition) is 3. The van der Waals surface area contributed by atoms with Gasteiger partial charge in [0, 0.05) is 4.47 Å². The molecule has 1 aromatic carbocycles. The molecule has 3 N–H and O–H groups in total. The lowest BCUT2D eigenvalue weighted by Crippen LogP contribution is -2.25. The number of nitrogen functional groups attached to an aromatic ring is 1. The van der Waals surface area contributed by atoms with Gasteiger partial charge in [-0.25, -0.2) is 8.42 Å². The maximum absolute atomic E-state index is 12.2. The van der Waals surface area contributed by atoms with Gasteiger partial charge < -0.3 is 5.73 Å². The number of rotatable bonds is 3. The van der Waals surface area contributed by atoms with E-state index < -0.39 is 10.0 Å². The maximum Gasteiger partial charge on any atom is 0.235 e. The zero-order chi connectivity index (χ0) is 13.3. The summed E-state index contributed by atoms with van der Waals surface area (Å²) in [5, 5.41) is -0.287. The molecule has 0 aliphatic heterocycles. The Labute approximate surface area is 116 Å². The number of benzene rings is 1. The Balaban J connectivity index is 2.29. The number of aryl methyl sites for hydroxylation is 1. The second kappa shape index (κ2) is 5.09. The SMILES string of the molecule is Cc1cc(N)c(NS(=O)(=O)C2CCCC2)c(Br)c1. The molecule has 1 aromatic rings. The van der Waals surface area contributed by atoms with Gasteiger partial charge in [-0.1, -0.05) is 12.8 Å². The molecule has 0 unspecified atom stereocenters. The molecule has 18 heavy (non-hydrogen) atoms. The van der Waals surface area contributed by atoms with E-state index >= 15 is 0 Å². The fourth-order valence-electron chi connectivity index (χ4n) is 2.30. The second-order valence-corrected chi connectivity index (χ2v) is 7.58. The number of anilines is 2. The van der Waals surface area contributed by atoms with Crippen LogP contribution in [0.3, 0.4) is 0 Å². The van der Waals surface area contributed by atoms with E-state index in [-0.39, 0.29) is 5.25 Å². The van der Waals surface area contributed by atoms with Crippen molar-refractivity contribution in [3.8, 4) is 0 Å². The van der Waals surface area contributed by atoms with Crippen LogP contribution in [-0.4, -0.2) is 13.7 Å². The first-order valence-corrected chi connectivity index (χ1v) is 8.31. The van der Waals surface area contributed by atoms with Gasteiger partial charge in [0.1, 0.15) is 0 Å². The largest absolute Gasteiger partial charge is 0.397 e. The molecule has 6 heteroatoms. The Morgan fingerprint density at radius 3 is 2.50 bits per heavy atom. The minimum Gasteiger partial charge on any atom is -0.397 e. The average Bonchev–Trinajstić information content (AvgIpc) is 2.77. The first kappa shape index (κ1) is 13.7. The highest BCUT2D eigenvalue weighted by Gasteiger charge is 2.29. The average molecular weight is 333 g/mol. The van der Waals surface area contributed by atoms with Crippen molar-refractivity contribution in [2.75, 3.05) is 10.5 Å². The molecule has 100 valence electrons. The van der Waals surface area contributed by atoms with Crippen molar-refractivity contribution in [2.24, 2.45) is 0 Å². The summed E-state index contributed by atoms with van der Waals surface area (Å²) in [7, 11) is -3.33. The fraction of sp³-hybridized carbons (Fsp3) is 0.500. The minimum atomic E-state index is -3.33. The minimum absolute atomic E-state index is 0.287. The van der Waals surface area contributed by atoms with E-state index in [1.807, 2.05) is 13.0 Å². The molecule has 4 nitrogen and oxygen atoms in total. The predicted molar refractivity (Wildman–Crippen MR) is 78.1 cm³/mol. The Bertz CT molecular complexity index is 528. The van der Waals surface area contributed by atoms with Crippen LogP contribution in [0.25, 0.3) is 0 Å².